The molecule has 0 unspecified atom stereocenters. The van der Waals surface area contributed by atoms with Crippen LogP contribution < -0.4 is 14.9 Å². The van der Waals surface area contributed by atoms with Gasteiger partial charge in [0, 0.05) is 8.95 Å². The number of phenolic OH excluding ortho intramolecular Hbond substituents is 1. The maximum Gasteiger partial charge on any atom is 0.488 e. The van der Waals surface area contributed by atoms with Crippen LogP contribution in [0.1, 0.15) is 14.9 Å². The van der Waals surface area contributed by atoms with Crippen molar-refractivity contribution in [2.45, 2.75) is 14.9 Å². The number of hydrogen-bond donors (Lipinski definition) is 3. The van der Waals surface area contributed by atoms with Crippen molar-refractivity contribution in [3.63, 3.8) is 0 Å². The minimum absolute atomic E-state index is 0. The fraction of sp³-hybridized carbons (Fsp3) is 0.0488. The predicted octanol–water partition coefficient (Wildman–Crippen LogP) is 12.3. The van der Waals surface area contributed by atoms with Crippen molar-refractivity contribution in [2.24, 2.45) is 0 Å². The van der Waals surface area contributed by atoms with E-state index >= 15 is 0 Å². The number of rotatable bonds is 5. The fourth-order valence-electron chi connectivity index (χ4n) is 3.62. The third-order valence-corrected chi connectivity index (χ3v) is 7.23. The molecule has 0 amide bonds. The normalized spacial score (nSPS) is 8.94. The van der Waals surface area contributed by atoms with Gasteiger partial charge in [0.25, 0.3) is 0 Å². The molecule has 0 aliphatic heterocycles. The Kier molecular flexibility index (Phi) is 20.7. The van der Waals surface area contributed by atoms with Gasteiger partial charge in [0.05, 0.1) is 19.7 Å². The molecule has 0 bridgehead atoms. The molecule has 53 heavy (non-hydrogen) atoms. The number of ether oxygens (including phenoxy) is 2. The van der Waals surface area contributed by atoms with E-state index in [1.165, 1.54) is 24.3 Å². The molecule has 0 aliphatic rings. The summed E-state index contributed by atoms with van der Waals surface area (Å²) >= 11 is 6.60. The fourth-order valence-corrected chi connectivity index (χ4v) is 4.15. The Balaban J connectivity index is 0.000000367. The molecule has 0 spiro atoms. The summed E-state index contributed by atoms with van der Waals surface area (Å²) in [5.74, 6) is 2.72. The minimum atomic E-state index is -1.48. The topological polar surface area (TPSA) is 92.2 Å². The molecule has 0 atom stereocenters. The number of halogens is 3. The van der Waals surface area contributed by atoms with Gasteiger partial charge in [0.1, 0.15) is 34.6 Å². The van der Waals surface area contributed by atoms with Gasteiger partial charge < -0.3 is 24.6 Å². The van der Waals surface area contributed by atoms with Gasteiger partial charge in [-0.3, -0.25) is 0 Å². The van der Waals surface area contributed by atoms with Crippen LogP contribution in [0.25, 0.3) is 14.5 Å². The molecule has 3 N–H and O–H groups in total. The Bertz CT molecular complexity index is 2040. The highest BCUT2D eigenvalue weighted by atomic mass is 79.9. The highest BCUT2D eigenvalue weighted by Crippen LogP contribution is 2.26. The Morgan fingerprint density at radius 1 is 0.472 bits per heavy atom. The van der Waals surface area contributed by atoms with E-state index in [1.807, 2.05) is 24.3 Å². The average molecular weight is 839 g/mol. The van der Waals surface area contributed by atoms with E-state index in [1.54, 1.807) is 97.1 Å². The van der Waals surface area contributed by atoms with E-state index in [0.717, 1.165) is 20.4 Å². The van der Waals surface area contributed by atoms with Crippen LogP contribution in [0.3, 0.4) is 0 Å². The van der Waals surface area contributed by atoms with Crippen LogP contribution in [-0.4, -0.2) is 22.3 Å². The first-order chi connectivity index (χ1) is 24.6. The number of phenols is 1. The molecule has 6 aromatic rings. The summed E-state index contributed by atoms with van der Waals surface area (Å²) in [5, 5.41) is 26.6. The van der Waals surface area contributed by atoms with Gasteiger partial charge in [-0.2, -0.15) is 0 Å². The summed E-state index contributed by atoms with van der Waals surface area (Å²) in [5.41, 5.74) is 2.05. The van der Waals surface area contributed by atoms with Crippen LogP contribution in [0.15, 0.2) is 155 Å². The van der Waals surface area contributed by atoms with E-state index in [2.05, 4.69) is 46.4 Å². The zero-order chi connectivity index (χ0) is 37.0. The van der Waals surface area contributed by atoms with Crippen molar-refractivity contribution in [3.8, 4) is 28.7 Å². The van der Waals surface area contributed by atoms with Gasteiger partial charge in [-0.25, -0.2) is 18.9 Å². The van der Waals surface area contributed by atoms with Crippen LogP contribution >= 0.6 is 31.9 Å². The van der Waals surface area contributed by atoms with E-state index in [9.17, 15) is 4.39 Å². The van der Waals surface area contributed by atoms with E-state index in [0.29, 0.717) is 39.8 Å². The molecule has 6 rings (SSSR count). The second-order valence-corrected chi connectivity index (χ2v) is 11.7. The lowest BCUT2D eigenvalue weighted by atomic mass is 9.80. The summed E-state index contributed by atoms with van der Waals surface area (Å²) in [7, 11) is -1.48. The molecule has 0 radical (unpaired) electrons. The van der Waals surface area contributed by atoms with Crippen molar-refractivity contribution in [1.29, 1.82) is 0 Å². The van der Waals surface area contributed by atoms with Crippen molar-refractivity contribution >= 4 is 61.5 Å². The van der Waals surface area contributed by atoms with Crippen LogP contribution in [0, 0.1) is 25.5 Å². The Hall–Kier alpha value is -5.94. The highest BCUT2D eigenvalue weighted by molar-refractivity contribution is 9.10. The molecule has 0 heterocycles. The van der Waals surface area contributed by atoms with E-state index < -0.39 is 7.12 Å². The van der Waals surface area contributed by atoms with Gasteiger partial charge in [0.15, 0.2) is 17.1 Å². The zero-order valence-corrected chi connectivity index (χ0v) is 29.7. The third-order valence-electron chi connectivity index (χ3n) is 6.18. The average Bonchev–Trinajstić information content (AvgIpc) is 3.16. The van der Waals surface area contributed by atoms with Gasteiger partial charge in [0.2, 0.25) is 0 Å². The molecular formula is C41H35BBr2FN3O5. The maximum absolute atomic E-state index is 12.1. The van der Waals surface area contributed by atoms with Crippen LogP contribution in [-0.2, 0) is 0 Å². The van der Waals surface area contributed by atoms with Gasteiger partial charge in [-0.15, -0.1) is 0 Å². The summed E-state index contributed by atoms with van der Waals surface area (Å²) in [6.07, 6.45) is 0. The second-order valence-electron chi connectivity index (χ2n) is 9.88. The van der Waals surface area contributed by atoms with Gasteiger partial charge >= 0.3 is 7.12 Å². The molecule has 12 heteroatoms. The zero-order valence-electron chi connectivity index (χ0n) is 26.6. The largest absolute Gasteiger partial charge is 0.508 e. The first kappa shape index (κ1) is 45.1. The molecule has 0 saturated heterocycles. The lowest BCUT2D eigenvalue weighted by Gasteiger charge is -2.06. The quantitative estimate of drug-likeness (QED) is 0.119. The second kappa shape index (κ2) is 24.3. The summed E-state index contributed by atoms with van der Waals surface area (Å²) in [6, 6.07) is 40.1. The Labute approximate surface area is 327 Å². The number of aromatic hydroxyl groups is 1. The number of hydrogen-bond acceptors (Lipinski definition) is 5. The number of benzene rings is 6. The molecule has 0 aliphatic carbocycles. The molecule has 268 valence electrons. The van der Waals surface area contributed by atoms with Crippen molar-refractivity contribution in [3.05, 3.63) is 195 Å². The summed E-state index contributed by atoms with van der Waals surface area (Å²) < 4.78 is 25.3. The lowest BCUT2D eigenvalue weighted by Crippen LogP contribution is -2.29. The van der Waals surface area contributed by atoms with Crippen LogP contribution in [0.4, 0.5) is 21.5 Å². The first-order valence-electron chi connectivity index (χ1n) is 14.7. The summed E-state index contributed by atoms with van der Waals surface area (Å²) in [6.45, 7) is 20.2. The lowest BCUT2D eigenvalue weighted by molar-refractivity contribution is 0.425. The Morgan fingerprint density at radius 3 is 1.06 bits per heavy atom. The monoisotopic (exact) mass is 837 g/mol. The first-order valence-corrected chi connectivity index (χ1v) is 16.3. The smallest absolute Gasteiger partial charge is 0.488 e. The molecule has 0 saturated carbocycles. The Morgan fingerprint density at radius 2 is 0.755 bits per heavy atom. The molecule has 8 nitrogen and oxygen atoms in total. The minimum Gasteiger partial charge on any atom is -0.508 e. The van der Waals surface area contributed by atoms with Crippen molar-refractivity contribution in [2.75, 3.05) is 0 Å². The third kappa shape index (κ3) is 17.2. The maximum atomic E-state index is 12.1. The van der Waals surface area contributed by atoms with Gasteiger partial charge in [-0.05, 0) is 103 Å². The van der Waals surface area contributed by atoms with Crippen molar-refractivity contribution < 1.29 is 29.0 Å². The molecule has 0 fully saturated rings. The standard InChI is InChI=1S/C13H10BNO3.C13H8BrNO.C7H4FN.C6H5BrO.2CH4/c1-15-11-4-8-13(9-5-11)18-12-6-2-10(3-7-12)14(16)17;1-15-11-4-8-13(9-5-11)16-12-6-2-10(14)3-7-12;1-9-7-4-2-6(8)3-5-7;7-5-1-3-6(8)4-2-5;;/h2-9,16-17H;2-9H;2-5H;1-4,8H;2*1H4. The van der Waals surface area contributed by atoms with Crippen molar-refractivity contribution in [1.82, 2.24) is 0 Å². The van der Waals surface area contributed by atoms with Crippen LogP contribution in [0.5, 0.6) is 28.7 Å². The highest BCUT2D eigenvalue weighted by Gasteiger charge is 2.10. The van der Waals surface area contributed by atoms with Crippen LogP contribution in [0.2, 0.25) is 0 Å². The van der Waals surface area contributed by atoms with E-state index in [-0.39, 0.29) is 20.7 Å². The molecule has 0 aromatic heterocycles. The SMILES string of the molecule is C.C.Oc1ccc(Br)cc1.[C-]#[N+]c1ccc(F)cc1.[C-]#[N+]c1ccc(Oc2ccc(B(O)O)cc2)cc1.[C-]#[N+]c1ccc(Oc2ccc(Br)cc2)cc1. The van der Waals surface area contributed by atoms with Gasteiger partial charge in [-0.1, -0.05) is 95.2 Å². The number of nitrogens with zero attached hydrogens (tertiary/aromatic N) is 3. The molecule has 6 aromatic carbocycles. The van der Waals surface area contributed by atoms with E-state index in [4.69, 9.17) is 44.3 Å². The predicted molar refractivity (Wildman–Crippen MR) is 218 cm³/mol. The molecular weight excluding hydrogens is 804 g/mol. The summed E-state index contributed by atoms with van der Waals surface area (Å²) in [4.78, 5) is 9.70.